The van der Waals surface area contributed by atoms with Crippen LogP contribution in [-0.2, 0) is 6.42 Å². The van der Waals surface area contributed by atoms with Crippen molar-refractivity contribution in [2.45, 2.75) is 12.5 Å². The van der Waals surface area contributed by atoms with Gasteiger partial charge in [-0.05, 0) is 35.1 Å². The van der Waals surface area contributed by atoms with E-state index in [1.54, 1.807) is 0 Å². The first-order valence-electron chi connectivity index (χ1n) is 6.13. The van der Waals surface area contributed by atoms with E-state index in [0.717, 1.165) is 42.0 Å². The van der Waals surface area contributed by atoms with E-state index < -0.39 is 0 Å². The van der Waals surface area contributed by atoms with Crippen molar-refractivity contribution >= 4 is 21.6 Å². The van der Waals surface area contributed by atoms with Crippen LogP contribution < -0.4 is 5.32 Å². The quantitative estimate of drug-likeness (QED) is 0.897. The molecular weight excluding hydrogens is 294 g/mol. The Bertz CT molecular complexity index is 552. The molecule has 1 atom stereocenters. The van der Waals surface area contributed by atoms with Crippen molar-refractivity contribution < 1.29 is 0 Å². The molecule has 1 saturated heterocycles. The highest BCUT2D eigenvalue weighted by molar-refractivity contribution is 9.10. The van der Waals surface area contributed by atoms with E-state index in [0.29, 0.717) is 6.04 Å². The largest absolute Gasteiger partial charge is 0.311 e. The number of rotatable bonds is 2. The van der Waals surface area contributed by atoms with E-state index in [2.05, 4.69) is 43.3 Å². The van der Waals surface area contributed by atoms with Gasteiger partial charge in [-0.1, -0.05) is 0 Å². The molecule has 2 aromatic rings. The number of hydrogen-bond donors (Lipinski definition) is 1. The van der Waals surface area contributed by atoms with Crippen molar-refractivity contribution in [3.63, 3.8) is 0 Å². The number of aromatic nitrogens is 3. The van der Waals surface area contributed by atoms with Crippen molar-refractivity contribution in [2.75, 3.05) is 26.7 Å². The Kier molecular flexibility index (Phi) is 3.32. The minimum atomic E-state index is 0.449. The molecule has 1 unspecified atom stereocenters. The first kappa shape index (κ1) is 12.1. The molecule has 2 aromatic heterocycles. The molecule has 0 bridgehead atoms. The minimum absolute atomic E-state index is 0.449. The molecule has 0 aliphatic carbocycles. The SMILES string of the molecule is CN1CCNC(Cc2nc3ccc(Br)cn3n2)C1. The highest BCUT2D eigenvalue weighted by atomic mass is 79.9. The number of halogens is 1. The van der Waals surface area contributed by atoms with Crippen molar-refractivity contribution in [1.29, 1.82) is 0 Å². The average molecular weight is 310 g/mol. The highest BCUT2D eigenvalue weighted by Gasteiger charge is 2.18. The molecule has 0 spiro atoms. The van der Waals surface area contributed by atoms with Gasteiger partial charge in [-0.15, -0.1) is 0 Å². The number of nitrogens with one attached hydrogen (secondary N) is 1. The van der Waals surface area contributed by atoms with Gasteiger partial charge in [0.05, 0.1) is 0 Å². The lowest BCUT2D eigenvalue weighted by Gasteiger charge is -2.30. The van der Waals surface area contributed by atoms with Crippen LogP contribution in [0.3, 0.4) is 0 Å². The lowest BCUT2D eigenvalue weighted by atomic mass is 10.1. The van der Waals surface area contributed by atoms with Crippen molar-refractivity contribution in [3.8, 4) is 0 Å². The van der Waals surface area contributed by atoms with Crippen LogP contribution in [0.1, 0.15) is 5.82 Å². The lowest BCUT2D eigenvalue weighted by molar-refractivity contribution is 0.236. The summed E-state index contributed by atoms with van der Waals surface area (Å²) in [5, 5.41) is 8.02. The standard InChI is InChI=1S/C12H16BrN5/c1-17-5-4-14-10(8-17)6-11-15-12-3-2-9(13)7-18(12)16-11/h2-3,7,10,14H,4-6,8H2,1H3. The zero-order chi connectivity index (χ0) is 12.5. The van der Waals surface area contributed by atoms with Gasteiger partial charge in [0, 0.05) is 42.8 Å². The van der Waals surface area contributed by atoms with Gasteiger partial charge >= 0.3 is 0 Å². The molecule has 18 heavy (non-hydrogen) atoms. The molecule has 1 aliphatic heterocycles. The molecule has 6 heteroatoms. The predicted octanol–water partition coefficient (Wildman–Crippen LogP) is 0.938. The second kappa shape index (κ2) is 4.95. The van der Waals surface area contributed by atoms with Crippen LogP contribution in [0.5, 0.6) is 0 Å². The molecule has 0 saturated carbocycles. The third kappa shape index (κ3) is 2.55. The van der Waals surface area contributed by atoms with Crippen LogP contribution in [-0.4, -0.2) is 52.2 Å². The molecule has 0 aromatic carbocycles. The summed E-state index contributed by atoms with van der Waals surface area (Å²) in [6, 6.07) is 4.41. The van der Waals surface area contributed by atoms with Gasteiger partial charge in [0.25, 0.3) is 0 Å². The number of hydrogen-bond acceptors (Lipinski definition) is 4. The van der Waals surface area contributed by atoms with E-state index in [4.69, 9.17) is 0 Å². The van der Waals surface area contributed by atoms with Gasteiger partial charge in [0.15, 0.2) is 11.5 Å². The molecule has 96 valence electrons. The molecule has 1 fully saturated rings. The fraction of sp³-hybridized carbons (Fsp3) is 0.500. The predicted molar refractivity (Wildman–Crippen MR) is 73.7 cm³/mol. The maximum absolute atomic E-state index is 4.55. The van der Waals surface area contributed by atoms with Crippen molar-refractivity contribution in [2.24, 2.45) is 0 Å². The average Bonchev–Trinajstić information content (AvgIpc) is 2.70. The summed E-state index contributed by atoms with van der Waals surface area (Å²) < 4.78 is 2.84. The number of piperazine rings is 1. The Morgan fingerprint density at radius 3 is 3.22 bits per heavy atom. The third-order valence-corrected chi connectivity index (χ3v) is 3.70. The molecule has 0 amide bonds. The van der Waals surface area contributed by atoms with Gasteiger partial charge in [0.2, 0.25) is 0 Å². The molecule has 3 heterocycles. The summed E-state index contributed by atoms with van der Waals surface area (Å²) in [5.74, 6) is 0.904. The summed E-state index contributed by atoms with van der Waals surface area (Å²) in [6.07, 6.45) is 2.82. The topological polar surface area (TPSA) is 45.5 Å². The number of likely N-dealkylation sites (N-methyl/N-ethyl adjacent to an activating group) is 1. The van der Waals surface area contributed by atoms with E-state index in [-0.39, 0.29) is 0 Å². The smallest absolute Gasteiger partial charge is 0.155 e. The second-order valence-electron chi connectivity index (χ2n) is 4.80. The monoisotopic (exact) mass is 309 g/mol. The van der Waals surface area contributed by atoms with Crippen LogP contribution in [0.2, 0.25) is 0 Å². The van der Waals surface area contributed by atoms with E-state index in [1.807, 2.05) is 22.8 Å². The van der Waals surface area contributed by atoms with Gasteiger partial charge < -0.3 is 10.2 Å². The van der Waals surface area contributed by atoms with Crippen LogP contribution in [0, 0.1) is 0 Å². The van der Waals surface area contributed by atoms with Crippen LogP contribution in [0.4, 0.5) is 0 Å². The summed E-state index contributed by atoms with van der Waals surface area (Å²) in [6.45, 7) is 3.21. The summed E-state index contributed by atoms with van der Waals surface area (Å²) in [7, 11) is 2.15. The Balaban J connectivity index is 1.78. The maximum Gasteiger partial charge on any atom is 0.155 e. The van der Waals surface area contributed by atoms with Gasteiger partial charge in [-0.2, -0.15) is 5.10 Å². The minimum Gasteiger partial charge on any atom is -0.311 e. The van der Waals surface area contributed by atoms with Crippen LogP contribution >= 0.6 is 15.9 Å². The van der Waals surface area contributed by atoms with Crippen LogP contribution in [0.25, 0.3) is 5.65 Å². The lowest BCUT2D eigenvalue weighted by Crippen LogP contribution is -2.50. The molecule has 3 rings (SSSR count). The molecule has 0 radical (unpaired) electrons. The van der Waals surface area contributed by atoms with E-state index in [9.17, 15) is 0 Å². The fourth-order valence-corrected chi connectivity index (χ4v) is 2.67. The van der Waals surface area contributed by atoms with Gasteiger partial charge in [0.1, 0.15) is 0 Å². The molecule has 1 N–H and O–H groups in total. The Morgan fingerprint density at radius 2 is 2.39 bits per heavy atom. The zero-order valence-corrected chi connectivity index (χ0v) is 11.9. The summed E-state index contributed by atoms with van der Waals surface area (Å²) in [4.78, 5) is 6.89. The molecule has 1 aliphatic rings. The number of pyridine rings is 1. The van der Waals surface area contributed by atoms with Crippen molar-refractivity contribution in [1.82, 2.24) is 24.8 Å². The first-order chi connectivity index (χ1) is 8.70. The second-order valence-corrected chi connectivity index (χ2v) is 5.71. The summed E-state index contributed by atoms with van der Waals surface area (Å²) in [5.41, 5.74) is 0.900. The maximum atomic E-state index is 4.55. The van der Waals surface area contributed by atoms with Gasteiger partial charge in [-0.25, -0.2) is 9.50 Å². The normalized spacial score (nSPS) is 21.6. The number of nitrogens with zero attached hydrogens (tertiary/aromatic N) is 4. The third-order valence-electron chi connectivity index (χ3n) is 3.23. The summed E-state index contributed by atoms with van der Waals surface area (Å²) >= 11 is 3.44. The fourth-order valence-electron chi connectivity index (χ4n) is 2.34. The zero-order valence-electron chi connectivity index (χ0n) is 10.3. The van der Waals surface area contributed by atoms with Crippen LogP contribution in [0.15, 0.2) is 22.8 Å². The Labute approximate surface area is 114 Å². The highest BCUT2D eigenvalue weighted by Crippen LogP contribution is 2.11. The number of fused-ring (bicyclic) bond motifs is 1. The Hall–Kier alpha value is -0.980. The van der Waals surface area contributed by atoms with E-state index in [1.165, 1.54) is 0 Å². The van der Waals surface area contributed by atoms with Gasteiger partial charge in [-0.3, -0.25) is 0 Å². The van der Waals surface area contributed by atoms with E-state index >= 15 is 0 Å². The van der Waals surface area contributed by atoms with Crippen molar-refractivity contribution in [3.05, 3.63) is 28.6 Å². The molecular formula is C12H16BrN5. The molecule has 5 nitrogen and oxygen atoms in total. The first-order valence-corrected chi connectivity index (χ1v) is 6.93. The Morgan fingerprint density at radius 1 is 1.50 bits per heavy atom.